The zero-order valence-corrected chi connectivity index (χ0v) is 15.3. The van der Waals surface area contributed by atoms with Crippen molar-refractivity contribution in [2.24, 2.45) is 5.84 Å². The van der Waals surface area contributed by atoms with E-state index >= 15 is 0 Å². The summed E-state index contributed by atoms with van der Waals surface area (Å²) in [6, 6.07) is 15.3. The first-order chi connectivity index (χ1) is 12.5. The van der Waals surface area contributed by atoms with Gasteiger partial charge in [0.05, 0.1) is 21.8 Å². The third kappa shape index (κ3) is 3.83. The Labute approximate surface area is 160 Å². The third-order valence-electron chi connectivity index (χ3n) is 3.82. The number of rotatable bonds is 5. The molecular weight excluding hydrogens is 375 g/mol. The highest BCUT2D eigenvalue weighted by atomic mass is 35.5. The van der Waals surface area contributed by atoms with Crippen LogP contribution in [-0.2, 0) is 0 Å². The highest BCUT2D eigenvalue weighted by Gasteiger charge is 2.15. The number of nitrogens with one attached hydrogen (secondary N) is 1. The van der Waals surface area contributed by atoms with Crippen LogP contribution in [0.2, 0.25) is 10.0 Å². The minimum absolute atomic E-state index is 0.199. The fourth-order valence-electron chi connectivity index (χ4n) is 2.46. The van der Waals surface area contributed by atoms with Gasteiger partial charge in [0, 0.05) is 12.1 Å². The first-order valence-corrected chi connectivity index (χ1v) is 8.53. The summed E-state index contributed by atoms with van der Waals surface area (Å²) < 4.78 is 7.07. The molecule has 26 heavy (non-hydrogen) atoms. The molecule has 0 spiro atoms. The number of hydrogen-bond acceptors (Lipinski definition) is 5. The molecule has 0 aliphatic rings. The van der Waals surface area contributed by atoms with E-state index in [-0.39, 0.29) is 33.3 Å². The highest BCUT2D eigenvalue weighted by molar-refractivity contribution is 6.37. The number of benzene rings is 2. The van der Waals surface area contributed by atoms with Gasteiger partial charge < -0.3 is 10.2 Å². The van der Waals surface area contributed by atoms with Gasteiger partial charge in [0.2, 0.25) is 5.88 Å². The Kier molecular flexibility index (Phi) is 5.46. The second kappa shape index (κ2) is 7.78. The maximum absolute atomic E-state index is 12.2. The first-order valence-electron chi connectivity index (χ1n) is 7.78. The summed E-state index contributed by atoms with van der Waals surface area (Å²) >= 11 is 12.4. The Morgan fingerprint density at radius 3 is 2.38 bits per heavy atom. The normalized spacial score (nSPS) is 11.8. The molecule has 3 rings (SSSR count). The predicted molar refractivity (Wildman–Crippen MR) is 103 cm³/mol. The van der Waals surface area contributed by atoms with Gasteiger partial charge in [-0.3, -0.25) is 10.6 Å². The van der Waals surface area contributed by atoms with Gasteiger partial charge in [-0.25, -0.2) is 4.68 Å². The molecule has 1 aromatic heterocycles. The second-order valence-electron chi connectivity index (χ2n) is 5.56. The van der Waals surface area contributed by atoms with Crippen molar-refractivity contribution in [3.8, 4) is 11.6 Å². The van der Waals surface area contributed by atoms with Crippen LogP contribution < -0.4 is 21.6 Å². The van der Waals surface area contributed by atoms with E-state index in [0.717, 1.165) is 5.56 Å². The standard InChI is InChI=1S/C18H16Cl2N4O2/c1-11(12-5-3-2-4-6-12)24-17(25)8-7-16(23-24)26-18-14(19)9-13(22-21)10-15(18)20/h2-11,22H,21H2,1H3. The SMILES string of the molecule is CC(c1ccccc1)n1nc(Oc2c(Cl)cc(NN)cc2Cl)ccc1=O. The van der Waals surface area contributed by atoms with Crippen LogP contribution in [0.25, 0.3) is 0 Å². The number of anilines is 1. The Morgan fingerprint density at radius 2 is 1.77 bits per heavy atom. The summed E-state index contributed by atoms with van der Waals surface area (Å²) in [6.45, 7) is 1.88. The quantitative estimate of drug-likeness (QED) is 0.502. The van der Waals surface area contributed by atoms with E-state index < -0.39 is 0 Å². The van der Waals surface area contributed by atoms with E-state index in [2.05, 4.69) is 10.5 Å². The van der Waals surface area contributed by atoms with Gasteiger partial charge in [-0.05, 0) is 24.6 Å². The molecule has 3 N–H and O–H groups in total. The molecule has 1 heterocycles. The lowest BCUT2D eigenvalue weighted by Gasteiger charge is -2.16. The lowest BCUT2D eigenvalue weighted by molar-refractivity contribution is 0.419. The summed E-state index contributed by atoms with van der Waals surface area (Å²) in [5, 5.41) is 4.82. The highest BCUT2D eigenvalue weighted by Crippen LogP contribution is 2.38. The van der Waals surface area contributed by atoms with Gasteiger partial charge in [0.1, 0.15) is 0 Å². The van der Waals surface area contributed by atoms with Crippen LogP contribution in [-0.4, -0.2) is 9.78 Å². The van der Waals surface area contributed by atoms with Crippen molar-refractivity contribution < 1.29 is 4.74 Å². The molecule has 0 aliphatic heterocycles. The Morgan fingerprint density at radius 1 is 1.12 bits per heavy atom. The monoisotopic (exact) mass is 390 g/mol. The molecule has 134 valence electrons. The number of ether oxygens (including phenoxy) is 1. The molecule has 2 aromatic carbocycles. The summed E-state index contributed by atoms with van der Waals surface area (Å²) in [4.78, 5) is 12.2. The predicted octanol–water partition coefficient (Wildman–Crippen LogP) is 4.24. The average Bonchev–Trinajstić information content (AvgIpc) is 2.65. The number of hydrogen-bond donors (Lipinski definition) is 2. The van der Waals surface area contributed by atoms with Gasteiger partial charge in [0.15, 0.2) is 5.75 Å². The van der Waals surface area contributed by atoms with Crippen molar-refractivity contribution in [2.75, 3.05) is 5.43 Å². The van der Waals surface area contributed by atoms with Crippen molar-refractivity contribution in [2.45, 2.75) is 13.0 Å². The molecule has 1 unspecified atom stereocenters. The smallest absolute Gasteiger partial charge is 0.267 e. The molecule has 0 radical (unpaired) electrons. The van der Waals surface area contributed by atoms with Gasteiger partial charge in [0.25, 0.3) is 5.56 Å². The van der Waals surface area contributed by atoms with Crippen LogP contribution in [0.3, 0.4) is 0 Å². The number of hydrazine groups is 1. The van der Waals surface area contributed by atoms with E-state index in [1.807, 2.05) is 37.3 Å². The van der Waals surface area contributed by atoms with Crippen molar-refractivity contribution >= 4 is 28.9 Å². The molecule has 8 heteroatoms. The maximum atomic E-state index is 12.2. The van der Waals surface area contributed by atoms with Crippen LogP contribution in [0, 0.1) is 0 Å². The fraction of sp³-hybridized carbons (Fsp3) is 0.111. The topological polar surface area (TPSA) is 82.2 Å². The molecule has 6 nitrogen and oxygen atoms in total. The minimum Gasteiger partial charge on any atom is -0.434 e. The zero-order valence-electron chi connectivity index (χ0n) is 13.8. The maximum Gasteiger partial charge on any atom is 0.267 e. The first kappa shape index (κ1) is 18.3. The second-order valence-corrected chi connectivity index (χ2v) is 6.37. The van der Waals surface area contributed by atoms with Crippen LogP contribution in [0.15, 0.2) is 59.4 Å². The van der Waals surface area contributed by atoms with Gasteiger partial charge in [-0.2, -0.15) is 0 Å². The van der Waals surface area contributed by atoms with E-state index in [4.69, 9.17) is 33.8 Å². The average molecular weight is 391 g/mol. The van der Waals surface area contributed by atoms with Crippen molar-refractivity contribution in [1.82, 2.24) is 9.78 Å². The van der Waals surface area contributed by atoms with Crippen molar-refractivity contribution in [1.29, 1.82) is 0 Å². The summed E-state index contributed by atoms with van der Waals surface area (Å²) in [5.74, 6) is 5.79. The number of nitrogens with two attached hydrogens (primary N) is 1. The van der Waals surface area contributed by atoms with Crippen molar-refractivity contribution in [3.63, 3.8) is 0 Å². The van der Waals surface area contributed by atoms with E-state index in [1.54, 1.807) is 12.1 Å². The van der Waals surface area contributed by atoms with Crippen molar-refractivity contribution in [3.05, 3.63) is 80.6 Å². The molecule has 0 saturated heterocycles. The molecule has 1 atom stereocenters. The minimum atomic E-state index is -0.262. The number of halogens is 2. The van der Waals surface area contributed by atoms with Crippen LogP contribution >= 0.6 is 23.2 Å². The zero-order chi connectivity index (χ0) is 18.7. The number of nitrogens with zero attached hydrogens (tertiary/aromatic N) is 2. The van der Waals surface area contributed by atoms with Crippen LogP contribution in [0.1, 0.15) is 18.5 Å². The molecule has 3 aromatic rings. The largest absolute Gasteiger partial charge is 0.434 e. The van der Waals surface area contributed by atoms with Gasteiger partial charge >= 0.3 is 0 Å². The molecule has 0 fully saturated rings. The fourth-order valence-corrected chi connectivity index (χ4v) is 3.02. The Hall–Kier alpha value is -2.54. The van der Waals surface area contributed by atoms with Crippen LogP contribution in [0.4, 0.5) is 5.69 Å². The molecule has 0 bridgehead atoms. The summed E-state index contributed by atoms with van der Waals surface area (Å²) in [6.07, 6.45) is 0. The lowest BCUT2D eigenvalue weighted by atomic mass is 10.1. The van der Waals surface area contributed by atoms with Gasteiger partial charge in [-0.1, -0.05) is 53.5 Å². The third-order valence-corrected chi connectivity index (χ3v) is 4.38. The molecule has 0 saturated carbocycles. The lowest BCUT2D eigenvalue weighted by Crippen LogP contribution is -2.25. The van der Waals surface area contributed by atoms with Crippen LogP contribution in [0.5, 0.6) is 11.6 Å². The summed E-state index contributed by atoms with van der Waals surface area (Å²) in [5.41, 5.74) is 3.72. The molecule has 0 aliphatic carbocycles. The van der Waals surface area contributed by atoms with Gasteiger partial charge in [-0.15, -0.1) is 5.10 Å². The summed E-state index contributed by atoms with van der Waals surface area (Å²) in [7, 11) is 0. The van der Waals surface area contributed by atoms with E-state index in [0.29, 0.717) is 5.69 Å². The van der Waals surface area contributed by atoms with E-state index in [9.17, 15) is 4.79 Å². The molecule has 0 amide bonds. The number of aromatic nitrogens is 2. The molecular formula is C18H16Cl2N4O2. The Bertz CT molecular complexity index is 953. The van der Waals surface area contributed by atoms with E-state index in [1.165, 1.54) is 16.8 Å². The Balaban J connectivity index is 1.95. The number of nitrogen functional groups attached to an aromatic ring is 1.